The van der Waals surface area contributed by atoms with E-state index in [1.165, 1.54) is 0 Å². The van der Waals surface area contributed by atoms with Crippen LogP contribution in [0.5, 0.6) is 5.75 Å². The van der Waals surface area contributed by atoms with Crippen LogP contribution in [0.4, 0.5) is 5.69 Å². The van der Waals surface area contributed by atoms with E-state index in [2.05, 4.69) is 11.4 Å². The van der Waals surface area contributed by atoms with Crippen molar-refractivity contribution in [2.45, 2.75) is 12.6 Å². The van der Waals surface area contributed by atoms with Crippen molar-refractivity contribution in [2.75, 3.05) is 5.32 Å². The van der Waals surface area contributed by atoms with Gasteiger partial charge in [0.2, 0.25) is 0 Å². The average Bonchev–Trinajstić information content (AvgIpc) is 2.67. The van der Waals surface area contributed by atoms with Gasteiger partial charge in [0.1, 0.15) is 18.4 Å². The van der Waals surface area contributed by atoms with E-state index in [4.69, 9.17) is 16.3 Å². The van der Waals surface area contributed by atoms with Gasteiger partial charge in [0.25, 0.3) is 0 Å². The molecule has 0 aliphatic heterocycles. The first kappa shape index (κ1) is 16.9. The molecule has 0 aliphatic rings. The van der Waals surface area contributed by atoms with Crippen LogP contribution in [0.15, 0.2) is 78.9 Å². The number of anilines is 1. The first-order valence-corrected chi connectivity index (χ1v) is 8.31. The number of nitriles is 1. The quantitative estimate of drug-likeness (QED) is 0.631. The smallest absolute Gasteiger partial charge is 0.143 e. The molecule has 1 N–H and O–H groups in total. The number of benzene rings is 3. The van der Waals surface area contributed by atoms with Gasteiger partial charge in [0, 0.05) is 16.3 Å². The van der Waals surface area contributed by atoms with Gasteiger partial charge >= 0.3 is 0 Å². The second-order valence-electron chi connectivity index (χ2n) is 5.53. The van der Waals surface area contributed by atoms with Crippen LogP contribution in [0.3, 0.4) is 0 Å². The molecule has 0 radical (unpaired) electrons. The lowest BCUT2D eigenvalue weighted by molar-refractivity contribution is 0.302. The summed E-state index contributed by atoms with van der Waals surface area (Å²) in [6, 6.07) is 26.6. The first-order valence-electron chi connectivity index (χ1n) is 7.93. The number of nitrogens with one attached hydrogen (secondary N) is 1. The number of nitrogens with zero attached hydrogens (tertiary/aromatic N) is 1. The molecule has 0 heterocycles. The second kappa shape index (κ2) is 8.23. The number of hydrogen-bond donors (Lipinski definition) is 1. The Hall–Kier alpha value is -2.96. The highest BCUT2D eigenvalue weighted by Gasteiger charge is 2.15. The van der Waals surface area contributed by atoms with E-state index in [-0.39, 0.29) is 0 Å². The molecule has 0 saturated heterocycles. The van der Waals surface area contributed by atoms with Crippen molar-refractivity contribution in [3.05, 3.63) is 95.0 Å². The van der Waals surface area contributed by atoms with E-state index in [1.54, 1.807) is 12.1 Å². The molecule has 0 aromatic heterocycles. The van der Waals surface area contributed by atoms with Gasteiger partial charge in [-0.2, -0.15) is 5.26 Å². The summed E-state index contributed by atoms with van der Waals surface area (Å²) >= 11 is 5.91. The summed E-state index contributed by atoms with van der Waals surface area (Å²) < 4.78 is 5.95. The Morgan fingerprint density at radius 1 is 0.920 bits per heavy atom. The summed E-state index contributed by atoms with van der Waals surface area (Å²) in [4.78, 5) is 0. The van der Waals surface area contributed by atoms with Crippen LogP contribution in [-0.4, -0.2) is 0 Å². The minimum Gasteiger partial charge on any atom is -0.489 e. The van der Waals surface area contributed by atoms with E-state index in [0.717, 1.165) is 16.8 Å². The highest BCUT2D eigenvalue weighted by molar-refractivity contribution is 6.30. The maximum absolute atomic E-state index is 9.61. The lowest BCUT2D eigenvalue weighted by Gasteiger charge is -2.17. The zero-order chi connectivity index (χ0) is 17.5. The Morgan fingerprint density at radius 3 is 2.32 bits per heavy atom. The van der Waals surface area contributed by atoms with Gasteiger partial charge in [-0.05, 0) is 35.9 Å². The largest absolute Gasteiger partial charge is 0.489 e. The maximum atomic E-state index is 9.61. The van der Waals surface area contributed by atoms with Crippen LogP contribution >= 0.6 is 11.6 Å². The highest BCUT2D eigenvalue weighted by atomic mass is 35.5. The third-order valence-corrected chi connectivity index (χ3v) is 4.00. The van der Waals surface area contributed by atoms with Gasteiger partial charge in [0.05, 0.1) is 6.07 Å². The molecule has 3 aromatic rings. The number of ether oxygens (including phenoxy) is 1. The molecule has 124 valence electrons. The Balaban J connectivity index is 1.78. The molecule has 0 spiro atoms. The zero-order valence-electron chi connectivity index (χ0n) is 13.5. The number of para-hydroxylation sites is 1. The van der Waals surface area contributed by atoms with Gasteiger partial charge in [-0.25, -0.2) is 0 Å². The Labute approximate surface area is 152 Å². The Kier molecular flexibility index (Phi) is 5.56. The van der Waals surface area contributed by atoms with Crippen LogP contribution < -0.4 is 10.1 Å². The monoisotopic (exact) mass is 348 g/mol. The van der Waals surface area contributed by atoms with Crippen LogP contribution in [-0.2, 0) is 6.61 Å². The number of halogens is 1. The van der Waals surface area contributed by atoms with Gasteiger partial charge in [-0.3, -0.25) is 0 Å². The fourth-order valence-corrected chi connectivity index (χ4v) is 2.60. The summed E-state index contributed by atoms with van der Waals surface area (Å²) in [7, 11) is 0. The predicted octanol–water partition coefficient (Wildman–Crippen LogP) is 5.60. The molecule has 0 amide bonds. The van der Waals surface area contributed by atoms with Gasteiger partial charge in [-0.15, -0.1) is 0 Å². The van der Waals surface area contributed by atoms with E-state index in [1.807, 2.05) is 66.7 Å². The summed E-state index contributed by atoms with van der Waals surface area (Å²) in [5, 5.41) is 13.5. The van der Waals surface area contributed by atoms with Crippen molar-refractivity contribution in [3.63, 3.8) is 0 Å². The molecule has 4 heteroatoms. The molecule has 1 unspecified atom stereocenters. The fraction of sp³-hybridized carbons (Fsp3) is 0.0952. The SMILES string of the molecule is N#CC(Nc1ccc(Cl)cc1)c1ccccc1OCc1ccccc1. The zero-order valence-corrected chi connectivity index (χ0v) is 14.3. The molecule has 0 fully saturated rings. The first-order chi connectivity index (χ1) is 12.3. The molecule has 0 saturated carbocycles. The van der Waals surface area contributed by atoms with Crippen LogP contribution in [0.25, 0.3) is 0 Å². The van der Waals surface area contributed by atoms with Crippen molar-refractivity contribution >= 4 is 17.3 Å². The van der Waals surface area contributed by atoms with Crippen molar-refractivity contribution in [1.29, 1.82) is 5.26 Å². The van der Waals surface area contributed by atoms with Crippen LogP contribution in [0.1, 0.15) is 17.2 Å². The van der Waals surface area contributed by atoms with Crippen molar-refractivity contribution in [1.82, 2.24) is 0 Å². The number of rotatable bonds is 6. The molecular weight excluding hydrogens is 332 g/mol. The van der Waals surface area contributed by atoms with E-state index in [0.29, 0.717) is 17.4 Å². The molecule has 0 aliphatic carbocycles. The topological polar surface area (TPSA) is 45.0 Å². The molecule has 3 nitrogen and oxygen atoms in total. The van der Waals surface area contributed by atoms with E-state index in [9.17, 15) is 5.26 Å². The van der Waals surface area contributed by atoms with Crippen molar-refractivity contribution in [2.24, 2.45) is 0 Å². The standard InChI is InChI=1S/C21H17ClN2O/c22-17-10-12-18(13-11-17)24-20(14-23)19-8-4-5-9-21(19)25-15-16-6-2-1-3-7-16/h1-13,20,24H,15H2. The lowest BCUT2D eigenvalue weighted by Crippen LogP contribution is -2.10. The third kappa shape index (κ3) is 4.53. The normalized spacial score (nSPS) is 11.4. The highest BCUT2D eigenvalue weighted by Crippen LogP contribution is 2.28. The average molecular weight is 349 g/mol. The third-order valence-electron chi connectivity index (χ3n) is 3.75. The summed E-state index contributed by atoms with van der Waals surface area (Å²) in [5.41, 5.74) is 2.71. The molecule has 3 aromatic carbocycles. The van der Waals surface area contributed by atoms with Crippen LogP contribution in [0.2, 0.25) is 5.02 Å². The van der Waals surface area contributed by atoms with Crippen molar-refractivity contribution in [3.8, 4) is 11.8 Å². The molecular formula is C21H17ClN2O. The van der Waals surface area contributed by atoms with Gasteiger partial charge in [-0.1, -0.05) is 60.1 Å². The molecule has 0 bridgehead atoms. The van der Waals surface area contributed by atoms with Gasteiger partial charge in [0.15, 0.2) is 0 Å². The lowest BCUT2D eigenvalue weighted by atomic mass is 10.1. The molecule has 3 rings (SSSR count). The maximum Gasteiger partial charge on any atom is 0.143 e. The summed E-state index contributed by atoms with van der Waals surface area (Å²) in [6.07, 6.45) is 0. The van der Waals surface area contributed by atoms with Crippen LogP contribution in [0, 0.1) is 11.3 Å². The number of hydrogen-bond acceptors (Lipinski definition) is 3. The van der Waals surface area contributed by atoms with Crippen molar-refractivity contribution < 1.29 is 4.74 Å². The fourth-order valence-electron chi connectivity index (χ4n) is 2.48. The summed E-state index contributed by atoms with van der Waals surface area (Å²) in [5.74, 6) is 0.694. The minimum atomic E-state index is -0.520. The summed E-state index contributed by atoms with van der Waals surface area (Å²) in [6.45, 7) is 0.455. The van der Waals surface area contributed by atoms with E-state index >= 15 is 0 Å². The van der Waals surface area contributed by atoms with E-state index < -0.39 is 6.04 Å². The second-order valence-corrected chi connectivity index (χ2v) is 5.96. The molecule has 1 atom stereocenters. The molecule has 25 heavy (non-hydrogen) atoms. The minimum absolute atomic E-state index is 0.455. The predicted molar refractivity (Wildman–Crippen MR) is 101 cm³/mol. The Morgan fingerprint density at radius 2 is 1.60 bits per heavy atom. The Bertz CT molecular complexity index is 857. The van der Waals surface area contributed by atoms with Gasteiger partial charge < -0.3 is 10.1 Å².